The van der Waals surface area contributed by atoms with Gasteiger partial charge in [-0.3, -0.25) is 4.79 Å². The molecule has 1 amide bonds. The average Bonchev–Trinajstić information content (AvgIpc) is 3.14. The summed E-state index contributed by atoms with van der Waals surface area (Å²) in [4.78, 5) is 15.3. The van der Waals surface area contributed by atoms with Gasteiger partial charge in [0, 0.05) is 23.0 Å². The number of hydrogen-bond acceptors (Lipinski definition) is 4. The highest BCUT2D eigenvalue weighted by molar-refractivity contribution is 7.90. The third-order valence-electron chi connectivity index (χ3n) is 3.83. The molecule has 1 fully saturated rings. The number of amides is 1. The number of hydrogen-bond donors (Lipinski definition) is 0. The molecule has 0 spiro atoms. The van der Waals surface area contributed by atoms with Crippen LogP contribution in [-0.4, -0.2) is 43.3 Å². The number of carbonyl (C=O) groups is 1. The van der Waals surface area contributed by atoms with E-state index in [1.165, 1.54) is 17.6 Å². The van der Waals surface area contributed by atoms with Crippen molar-refractivity contribution in [3.05, 3.63) is 35.2 Å². The normalized spacial score (nSPS) is 16.6. The second-order valence-electron chi connectivity index (χ2n) is 6.03. The second-order valence-corrected chi connectivity index (χ2v) is 9.30. The first-order valence-corrected chi connectivity index (χ1v) is 10.2. The minimum Gasteiger partial charge on any atom is -0.331 e. The van der Waals surface area contributed by atoms with Crippen LogP contribution in [0.5, 0.6) is 0 Å². The number of fused-ring (bicyclic) bond motifs is 1. The van der Waals surface area contributed by atoms with Crippen molar-refractivity contribution in [2.24, 2.45) is 0 Å². The average molecular weight is 337 g/mol. The van der Waals surface area contributed by atoms with Crippen LogP contribution in [0.25, 0.3) is 10.1 Å². The van der Waals surface area contributed by atoms with Crippen molar-refractivity contribution in [3.8, 4) is 0 Å². The summed E-state index contributed by atoms with van der Waals surface area (Å²) in [7, 11) is -3.10. The maximum atomic E-state index is 12.9. The van der Waals surface area contributed by atoms with Crippen LogP contribution in [0.4, 0.5) is 0 Å². The Balaban J connectivity index is 1.89. The minimum absolute atomic E-state index is 0.0140. The summed E-state index contributed by atoms with van der Waals surface area (Å²) < 4.78 is 24.2. The number of nitrogens with zero attached hydrogens (tertiary/aromatic N) is 1. The van der Waals surface area contributed by atoms with Gasteiger partial charge in [-0.1, -0.05) is 18.2 Å². The minimum atomic E-state index is -3.10. The van der Waals surface area contributed by atoms with E-state index in [9.17, 15) is 13.2 Å². The van der Waals surface area contributed by atoms with Gasteiger partial charge in [0.25, 0.3) is 5.91 Å². The lowest BCUT2D eigenvalue weighted by molar-refractivity contribution is 0.0698. The van der Waals surface area contributed by atoms with Gasteiger partial charge in [0.05, 0.1) is 10.6 Å². The van der Waals surface area contributed by atoms with Crippen molar-refractivity contribution in [2.45, 2.75) is 31.8 Å². The van der Waals surface area contributed by atoms with Crippen molar-refractivity contribution in [3.63, 3.8) is 0 Å². The Labute approximate surface area is 134 Å². The molecule has 1 atom stereocenters. The van der Waals surface area contributed by atoms with Gasteiger partial charge in [-0.15, -0.1) is 11.3 Å². The van der Waals surface area contributed by atoms with Crippen LogP contribution < -0.4 is 0 Å². The fourth-order valence-corrected chi connectivity index (χ4v) is 4.86. The van der Waals surface area contributed by atoms with Crippen LogP contribution in [0.1, 0.15) is 29.4 Å². The van der Waals surface area contributed by atoms with Crippen LogP contribution in [0.2, 0.25) is 0 Å². The molecule has 0 N–H and O–H groups in total. The summed E-state index contributed by atoms with van der Waals surface area (Å²) in [6, 6.07) is 9.70. The van der Waals surface area contributed by atoms with E-state index in [1.807, 2.05) is 37.3 Å². The van der Waals surface area contributed by atoms with Gasteiger partial charge < -0.3 is 4.90 Å². The van der Waals surface area contributed by atoms with Gasteiger partial charge in [0.1, 0.15) is 9.84 Å². The highest BCUT2D eigenvalue weighted by Crippen LogP contribution is 2.33. The zero-order chi connectivity index (χ0) is 15.9. The smallest absolute Gasteiger partial charge is 0.264 e. The van der Waals surface area contributed by atoms with Crippen molar-refractivity contribution in [1.82, 2.24) is 4.90 Å². The topological polar surface area (TPSA) is 54.5 Å². The molecule has 1 aliphatic carbocycles. The van der Waals surface area contributed by atoms with E-state index in [0.717, 1.165) is 22.9 Å². The molecule has 0 aliphatic heterocycles. The molecule has 2 aromatic rings. The van der Waals surface area contributed by atoms with Gasteiger partial charge in [0.2, 0.25) is 0 Å². The molecule has 1 saturated carbocycles. The number of carbonyl (C=O) groups excluding carboxylic acids is 1. The van der Waals surface area contributed by atoms with Crippen molar-refractivity contribution in [2.75, 3.05) is 12.0 Å². The number of thiophene rings is 1. The van der Waals surface area contributed by atoms with E-state index in [0.29, 0.717) is 4.88 Å². The summed E-state index contributed by atoms with van der Waals surface area (Å²) in [6.07, 6.45) is 3.15. The maximum absolute atomic E-state index is 12.9. The Morgan fingerprint density at radius 3 is 2.64 bits per heavy atom. The lowest BCUT2D eigenvalue weighted by atomic mass is 10.2. The van der Waals surface area contributed by atoms with Crippen molar-refractivity contribution in [1.29, 1.82) is 0 Å². The fraction of sp³-hybridized carbons (Fsp3) is 0.438. The lowest BCUT2D eigenvalue weighted by Crippen LogP contribution is -2.43. The van der Waals surface area contributed by atoms with E-state index in [1.54, 1.807) is 4.90 Å². The predicted molar refractivity (Wildman–Crippen MR) is 90.2 cm³/mol. The molecule has 0 radical (unpaired) electrons. The molecule has 118 valence electrons. The molecular formula is C16H19NO3S2. The number of benzene rings is 1. The molecule has 0 saturated heterocycles. The first-order chi connectivity index (χ1) is 10.3. The molecule has 22 heavy (non-hydrogen) atoms. The van der Waals surface area contributed by atoms with E-state index in [-0.39, 0.29) is 23.7 Å². The Hall–Kier alpha value is -1.40. The maximum Gasteiger partial charge on any atom is 0.264 e. The van der Waals surface area contributed by atoms with Gasteiger partial charge in [-0.2, -0.15) is 0 Å². The van der Waals surface area contributed by atoms with Crippen LogP contribution >= 0.6 is 11.3 Å². The summed E-state index contributed by atoms with van der Waals surface area (Å²) in [5.41, 5.74) is 0. The molecule has 1 aliphatic rings. The standard InChI is InChI=1S/C16H19NO3S2/c1-11(10-22(2,19)20)17(13-7-8-13)16(18)15-9-12-5-3-4-6-14(12)21-15/h3-6,9,11,13H,7-8,10H2,1-2H3. The quantitative estimate of drug-likeness (QED) is 0.843. The van der Waals surface area contributed by atoms with Crippen molar-refractivity contribution >= 4 is 37.2 Å². The molecule has 4 nitrogen and oxygen atoms in total. The summed E-state index contributed by atoms with van der Waals surface area (Å²) in [5, 5.41) is 1.06. The zero-order valence-corrected chi connectivity index (χ0v) is 14.3. The summed E-state index contributed by atoms with van der Waals surface area (Å²) in [5.74, 6) is -0.0278. The number of sulfone groups is 1. The zero-order valence-electron chi connectivity index (χ0n) is 12.7. The summed E-state index contributed by atoms with van der Waals surface area (Å²) >= 11 is 1.47. The molecule has 3 rings (SSSR count). The van der Waals surface area contributed by atoms with Crippen LogP contribution in [0.15, 0.2) is 30.3 Å². The molecule has 1 aromatic carbocycles. The highest BCUT2D eigenvalue weighted by Gasteiger charge is 2.37. The highest BCUT2D eigenvalue weighted by atomic mass is 32.2. The largest absolute Gasteiger partial charge is 0.331 e. The predicted octanol–water partition coefficient (Wildman–Crippen LogP) is 2.94. The molecule has 6 heteroatoms. The summed E-state index contributed by atoms with van der Waals surface area (Å²) in [6.45, 7) is 1.82. The van der Waals surface area contributed by atoms with E-state index >= 15 is 0 Å². The van der Waals surface area contributed by atoms with Crippen LogP contribution in [0, 0.1) is 0 Å². The van der Waals surface area contributed by atoms with Crippen molar-refractivity contribution < 1.29 is 13.2 Å². The Morgan fingerprint density at radius 1 is 1.36 bits per heavy atom. The number of rotatable bonds is 5. The monoisotopic (exact) mass is 337 g/mol. The van der Waals surface area contributed by atoms with E-state index in [2.05, 4.69) is 0 Å². The van der Waals surface area contributed by atoms with E-state index < -0.39 is 9.84 Å². The first-order valence-electron chi connectivity index (χ1n) is 7.34. The van der Waals surface area contributed by atoms with Gasteiger partial charge in [-0.05, 0) is 37.3 Å². The second kappa shape index (κ2) is 5.66. The van der Waals surface area contributed by atoms with Crippen LogP contribution in [0.3, 0.4) is 0 Å². The lowest BCUT2D eigenvalue weighted by Gasteiger charge is -2.28. The Morgan fingerprint density at radius 2 is 2.05 bits per heavy atom. The third kappa shape index (κ3) is 3.33. The molecule has 0 bridgehead atoms. The first kappa shape index (κ1) is 15.5. The molecule has 1 heterocycles. The molecule has 1 aromatic heterocycles. The van der Waals surface area contributed by atoms with E-state index in [4.69, 9.17) is 0 Å². The molecule has 1 unspecified atom stereocenters. The molecular weight excluding hydrogens is 318 g/mol. The van der Waals surface area contributed by atoms with Crippen LogP contribution in [-0.2, 0) is 9.84 Å². The SMILES string of the molecule is CC(CS(C)(=O)=O)N(C(=O)c1cc2ccccc2s1)C1CC1. The Bertz CT molecular complexity index is 773. The van der Waals surface area contributed by atoms with Gasteiger partial charge in [-0.25, -0.2) is 8.42 Å². The van der Waals surface area contributed by atoms with Gasteiger partial charge >= 0.3 is 0 Å². The Kier molecular flexibility index (Phi) is 3.99. The third-order valence-corrected chi connectivity index (χ3v) is 6.02. The van der Waals surface area contributed by atoms with Gasteiger partial charge in [0.15, 0.2) is 0 Å². The fourth-order valence-electron chi connectivity index (χ4n) is 2.81.